The van der Waals surface area contributed by atoms with E-state index < -0.39 is 0 Å². The van der Waals surface area contributed by atoms with E-state index in [2.05, 4.69) is 12.4 Å². The van der Waals surface area contributed by atoms with Gasteiger partial charge in [-0.25, -0.2) is 0 Å². The van der Waals surface area contributed by atoms with Gasteiger partial charge >= 0.3 is 0 Å². The third-order valence-electron chi connectivity index (χ3n) is 4.90. The predicted molar refractivity (Wildman–Crippen MR) is 76.9 cm³/mol. The first kappa shape index (κ1) is 14.3. The maximum atomic E-state index is 6.21. The number of rotatable bonds is 5. The minimum absolute atomic E-state index is 0.548. The predicted octanol–water partition coefficient (Wildman–Crippen LogP) is 3.89. The van der Waals surface area contributed by atoms with E-state index in [4.69, 9.17) is 4.74 Å². The Morgan fingerprint density at radius 2 is 1.44 bits per heavy atom. The Hall–Kier alpha value is -0.0800. The highest BCUT2D eigenvalue weighted by Crippen LogP contribution is 2.27. The van der Waals surface area contributed by atoms with Gasteiger partial charge in [-0.3, -0.25) is 0 Å². The molecule has 0 aromatic carbocycles. The van der Waals surface area contributed by atoms with Gasteiger partial charge in [0.1, 0.15) is 0 Å². The first-order valence-corrected chi connectivity index (χ1v) is 8.19. The van der Waals surface area contributed by atoms with E-state index in [1.807, 2.05) is 0 Å². The fourth-order valence-electron chi connectivity index (χ4n) is 3.64. The summed E-state index contributed by atoms with van der Waals surface area (Å²) >= 11 is 0. The molecule has 1 unspecified atom stereocenters. The summed E-state index contributed by atoms with van der Waals surface area (Å²) in [5, 5.41) is 3.50. The Morgan fingerprint density at radius 3 is 2.06 bits per heavy atom. The van der Waals surface area contributed by atoms with Crippen molar-refractivity contribution in [1.82, 2.24) is 5.32 Å². The first-order chi connectivity index (χ1) is 8.90. The molecular formula is C16H31NO. The van der Waals surface area contributed by atoms with Crippen LogP contribution in [0, 0.1) is 5.92 Å². The van der Waals surface area contributed by atoms with Crippen LogP contribution in [0.3, 0.4) is 0 Å². The van der Waals surface area contributed by atoms with Crippen LogP contribution >= 0.6 is 0 Å². The molecule has 0 heterocycles. The third kappa shape index (κ3) is 4.55. The number of likely N-dealkylation sites (N-methyl/N-ethyl adjacent to an activating group) is 1. The van der Waals surface area contributed by atoms with Gasteiger partial charge in [-0.2, -0.15) is 0 Å². The average molecular weight is 253 g/mol. The van der Waals surface area contributed by atoms with Gasteiger partial charge in [0.25, 0.3) is 0 Å². The molecule has 0 amide bonds. The lowest BCUT2D eigenvalue weighted by molar-refractivity contribution is 0.0168. The SMILES string of the molecule is CNC(COC1CCCCCC1)C1CCCCC1. The Morgan fingerprint density at radius 1 is 0.889 bits per heavy atom. The van der Waals surface area contributed by atoms with Crippen LogP contribution in [0.1, 0.15) is 70.6 Å². The fraction of sp³-hybridized carbons (Fsp3) is 1.00. The smallest absolute Gasteiger partial charge is 0.0625 e. The molecule has 0 spiro atoms. The quantitative estimate of drug-likeness (QED) is 0.750. The van der Waals surface area contributed by atoms with Gasteiger partial charge in [0.2, 0.25) is 0 Å². The zero-order valence-electron chi connectivity index (χ0n) is 12.1. The van der Waals surface area contributed by atoms with Crippen molar-refractivity contribution in [2.24, 2.45) is 5.92 Å². The van der Waals surface area contributed by atoms with Crippen LogP contribution in [-0.4, -0.2) is 25.8 Å². The molecule has 106 valence electrons. The standard InChI is InChI=1S/C16H31NO/c1-17-16(14-9-5-4-6-10-14)13-18-15-11-7-2-3-8-12-15/h14-17H,2-13H2,1H3. The number of hydrogen-bond acceptors (Lipinski definition) is 2. The maximum Gasteiger partial charge on any atom is 0.0625 e. The highest BCUT2D eigenvalue weighted by molar-refractivity contribution is 4.78. The van der Waals surface area contributed by atoms with Crippen LogP contribution in [0.2, 0.25) is 0 Å². The molecule has 2 nitrogen and oxygen atoms in total. The van der Waals surface area contributed by atoms with Crippen molar-refractivity contribution in [3.05, 3.63) is 0 Å². The lowest BCUT2D eigenvalue weighted by Gasteiger charge is -2.31. The zero-order chi connectivity index (χ0) is 12.6. The molecule has 0 saturated heterocycles. The van der Waals surface area contributed by atoms with E-state index >= 15 is 0 Å². The van der Waals surface area contributed by atoms with Gasteiger partial charge in [0.05, 0.1) is 12.7 Å². The molecule has 1 N–H and O–H groups in total. The van der Waals surface area contributed by atoms with E-state index in [0.29, 0.717) is 12.1 Å². The van der Waals surface area contributed by atoms with Gasteiger partial charge < -0.3 is 10.1 Å². The topological polar surface area (TPSA) is 21.3 Å². The van der Waals surface area contributed by atoms with E-state index in [9.17, 15) is 0 Å². The summed E-state index contributed by atoms with van der Waals surface area (Å²) in [6, 6.07) is 0.591. The second-order valence-electron chi connectivity index (χ2n) is 6.24. The van der Waals surface area contributed by atoms with E-state index in [1.165, 1.54) is 70.6 Å². The van der Waals surface area contributed by atoms with Gasteiger partial charge in [-0.15, -0.1) is 0 Å². The van der Waals surface area contributed by atoms with Crippen molar-refractivity contribution in [2.45, 2.75) is 82.8 Å². The maximum absolute atomic E-state index is 6.21. The molecule has 2 saturated carbocycles. The molecule has 0 bridgehead atoms. The van der Waals surface area contributed by atoms with Gasteiger partial charge in [0, 0.05) is 6.04 Å². The lowest BCUT2D eigenvalue weighted by Crippen LogP contribution is -2.39. The van der Waals surface area contributed by atoms with Gasteiger partial charge in [0.15, 0.2) is 0 Å². The Kier molecular flexibility index (Phi) is 6.50. The van der Waals surface area contributed by atoms with Crippen molar-refractivity contribution in [1.29, 1.82) is 0 Å². The molecule has 0 aliphatic heterocycles. The Balaban J connectivity index is 1.71. The Labute approximate surface area is 113 Å². The van der Waals surface area contributed by atoms with E-state index in [-0.39, 0.29) is 0 Å². The molecule has 2 heteroatoms. The molecule has 1 atom stereocenters. The van der Waals surface area contributed by atoms with Crippen molar-refractivity contribution in [3.63, 3.8) is 0 Å². The zero-order valence-corrected chi connectivity index (χ0v) is 12.1. The minimum atomic E-state index is 0.548. The second-order valence-corrected chi connectivity index (χ2v) is 6.24. The number of nitrogens with one attached hydrogen (secondary N) is 1. The molecule has 18 heavy (non-hydrogen) atoms. The molecule has 0 aromatic rings. The van der Waals surface area contributed by atoms with Crippen molar-refractivity contribution >= 4 is 0 Å². The van der Waals surface area contributed by atoms with Crippen LogP contribution in [0.25, 0.3) is 0 Å². The monoisotopic (exact) mass is 253 g/mol. The van der Waals surface area contributed by atoms with Gasteiger partial charge in [-0.1, -0.05) is 44.9 Å². The van der Waals surface area contributed by atoms with Crippen LogP contribution < -0.4 is 5.32 Å². The van der Waals surface area contributed by atoms with Crippen LogP contribution in [0.5, 0.6) is 0 Å². The molecule has 0 radical (unpaired) electrons. The van der Waals surface area contributed by atoms with Crippen molar-refractivity contribution in [3.8, 4) is 0 Å². The highest BCUT2D eigenvalue weighted by Gasteiger charge is 2.23. The summed E-state index contributed by atoms with van der Waals surface area (Å²) in [4.78, 5) is 0. The fourth-order valence-corrected chi connectivity index (χ4v) is 3.64. The third-order valence-corrected chi connectivity index (χ3v) is 4.90. The number of hydrogen-bond donors (Lipinski definition) is 1. The van der Waals surface area contributed by atoms with Crippen LogP contribution in [0.15, 0.2) is 0 Å². The van der Waals surface area contributed by atoms with Gasteiger partial charge in [-0.05, 0) is 38.6 Å². The Bertz CT molecular complexity index is 205. The molecule has 2 aliphatic carbocycles. The summed E-state index contributed by atoms with van der Waals surface area (Å²) in [5.74, 6) is 0.856. The summed E-state index contributed by atoms with van der Waals surface area (Å²) < 4.78 is 6.21. The molecular weight excluding hydrogens is 222 g/mol. The number of ether oxygens (including phenoxy) is 1. The average Bonchev–Trinajstić information content (AvgIpc) is 2.69. The summed E-state index contributed by atoms with van der Waals surface area (Å²) in [5.41, 5.74) is 0. The molecule has 2 rings (SSSR count). The molecule has 0 aromatic heterocycles. The van der Waals surface area contributed by atoms with E-state index in [1.54, 1.807) is 0 Å². The van der Waals surface area contributed by atoms with Crippen molar-refractivity contribution in [2.75, 3.05) is 13.7 Å². The first-order valence-electron chi connectivity index (χ1n) is 8.19. The highest BCUT2D eigenvalue weighted by atomic mass is 16.5. The normalized spacial score (nSPS) is 25.8. The second kappa shape index (κ2) is 8.16. The molecule has 2 aliphatic rings. The molecule has 2 fully saturated rings. The summed E-state index contributed by atoms with van der Waals surface area (Å²) in [6.45, 7) is 0.936. The lowest BCUT2D eigenvalue weighted by atomic mass is 9.84. The largest absolute Gasteiger partial charge is 0.377 e. The summed E-state index contributed by atoms with van der Waals surface area (Å²) in [7, 11) is 2.11. The minimum Gasteiger partial charge on any atom is -0.377 e. The van der Waals surface area contributed by atoms with Crippen LogP contribution in [-0.2, 0) is 4.74 Å². The van der Waals surface area contributed by atoms with E-state index in [0.717, 1.165) is 12.5 Å². The van der Waals surface area contributed by atoms with Crippen LogP contribution in [0.4, 0.5) is 0 Å². The van der Waals surface area contributed by atoms with Crippen molar-refractivity contribution < 1.29 is 4.74 Å². The summed E-state index contributed by atoms with van der Waals surface area (Å²) in [6.07, 6.45) is 15.8.